The fraction of sp³-hybridized carbons (Fsp3) is 0.462. The molecule has 0 radical (unpaired) electrons. The molecular formula is C13H21O5PSi. The summed E-state index contributed by atoms with van der Waals surface area (Å²) in [5.74, 6) is 0. The lowest BCUT2D eigenvalue weighted by Crippen LogP contribution is -2.09. The predicted molar refractivity (Wildman–Crippen MR) is 80.7 cm³/mol. The Morgan fingerprint density at radius 2 is 1.95 bits per heavy atom. The van der Waals surface area contributed by atoms with Gasteiger partial charge in [0.05, 0.1) is 6.61 Å². The van der Waals surface area contributed by atoms with Gasteiger partial charge in [-0.25, -0.2) is 9.36 Å². The van der Waals surface area contributed by atoms with Crippen molar-refractivity contribution in [2.24, 2.45) is 0 Å². The Morgan fingerprint density at radius 1 is 1.25 bits per heavy atom. The van der Waals surface area contributed by atoms with Gasteiger partial charge in [0.15, 0.2) is 10.5 Å². The molecule has 20 heavy (non-hydrogen) atoms. The quantitative estimate of drug-likeness (QED) is 0.398. The van der Waals surface area contributed by atoms with E-state index in [0.29, 0.717) is 0 Å². The van der Waals surface area contributed by atoms with Crippen molar-refractivity contribution in [1.82, 2.24) is 0 Å². The fourth-order valence-electron chi connectivity index (χ4n) is 1.52. The zero-order valence-electron chi connectivity index (χ0n) is 11.9. The van der Waals surface area contributed by atoms with Gasteiger partial charge in [0.2, 0.25) is 0 Å². The maximum atomic E-state index is 12.2. The van der Waals surface area contributed by atoms with Crippen molar-refractivity contribution in [1.29, 1.82) is 0 Å². The van der Waals surface area contributed by atoms with E-state index in [1.807, 2.05) is 30.3 Å². The maximum Gasteiger partial charge on any atom is 0.427 e. The third kappa shape index (κ3) is 5.59. The van der Waals surface area contributed by atoms with Crippen molar-refractivity contribution >= 4 is 23.8 Å². The monoisotopic (exact) mass is 316 g/mol. The minimum Gasteiger partial charge on any atom is -0.452 e. The SMILES string of the molecule is CCCCCOP(=O)(O[SiH3])C(=O)OCc1ccccc1. The highest BCUT2D eigenvalue weighted by molar-refractivity contribution is 7.71. The first kappa shape index (κ1) is 17.1. The molecule has 0 saturated heterocycles. The van der Waals surface area contributed by atoms with E-state index in [0.717, 1.165) is 24.8 Å². The van der Waals surface area contributed by atoms with Gasteiger partial charge in [-0.1, -0.05) is 50.1 Å². The molecular weight excluding hydrogens is 295 g/mol. The van der Waals surface area contributed by atoms with Crippen LogP contribution in [0.5, 0.6) is 0 Å². The molecule has 0 amide bonds. The van der Waals surface area contributed by atoms with Crippen LogP contribution >= 0.6 is 7.60 Å². The second-order valence-corrected chi connectivity index (χ2v) is 7.34. The van der Waals surface area contributed by atoms with Gasteiger partial charge in [0.1, 0.15) is 6.61 Å². The van der Waals surface area contributed by atoms with E-state index in [4.69, 9.17) is 13.5 Å². The van der Waals surface area contributed by atoms with Crippen molar-refractivity contribution in [2.45, 2.75) is 32.8 Å². The molecule has 0 aliphatic rings. The summed E-state index contributed by atoms with van der Waals surface area (Å²) in [5.41, 5.74) is -0.0837. The van der Waals surface area contributed by atoms with Crippen LogP contribution in [-0.2, 0) is 24.6 Å². The topological polar surface area (TPSA) is 61.8 Å². The fourth-order valence-corrected chi connectivity index (χ4v) is 3.23. The number of benzene rings is 1. The maximum absolute atomic E-state index is 12.2. The van der Waals surface area contributed by atoms with E-state index in [1.165, 1.54) is 0 Å². The molecule has 1 aromatic rings. The summed E-state index contributed by atoms with van der Waals surface area (Å²) >= 11 is 0. The van der Waals surface area contributed by atoms with Gasteiger partial charge >= 0.3 is 13.3 Å². The Bertz CT molecular complexity index is 451. The molecule has 1 rings (SSSR count). The van der Waals surface area contributed by atoms with E-state index < -0.39 is 13.3 Å². The van der Waals surface area contributed by atoms with Crippen LogP contribution in [0.2, 0.25) is 0 Å². The lowest BCUT2D eigenvalue weighted by molar-refractivity contribution is 0.151. The van der Waals surface area contributed by atoms with E-state index in [2.05, 4.69) is 6.92 Å². The van der Waals surface area contributed by atoms with Crippen LogP contribution in [0.1, 0.15) is 31.7 Å². The molecule has 112 valence electrons. The highest BCUT2D eigenvalue weighted by Crippen LogP contribution is 2.49. The molecule has 7 heteroatoms. The Hall–Kier alpha value is -0.943. The molecule has 0 bridgehead atoms. The average molecular weight is 316 g/mol. The van der Waals surface area contributed by atoms with E-state index >= 15 is 0 Å². The van der Waals surface area contributed by atoms with Crippen LogP contribution in [0.15, 0.2) is 30.3 Å². The van der Waals surface area contributed by atoms with Gasteiger partial charge in [0.25, 0.3) is 0 Å². The number of carbonyl (C=O) groups excluding carboxylic acids is 1. The number of rotatable bonds is 9. The number of hydrogen-bond acceptors (Lipinski definition) is 5. The van der Waals surface area contributed by atoms with Gasteiger partial charge in [-0.3, -0.25) is 0 Å². The predicted octanol–water partition coefficient (Wildman–Crippen LogP) is 3.02. The van der Waals surface area contributed by atoms with Crippen molar-refractivity contribution in [3.05, 3.63) is 35.9 Å². The van der Waals surface area contributed by atoms with Crippen molar-refractivity contribution in [3.63, 3.8) is 0 Å². The molecule has 1 atom stereocenters. The van der Waals surface area contributed by atoms with Crippen LogP contribution < -0.4 is 0 Å². The van der Waals surface area contributed by atoms with Crippen molar-refractivity contribution in [2.75, 3.05) is 6.61 Å². The lowest BCUT2D eigenvalue weighted by Gasteiger charge is -2.15. The number of unbranched alkanes of at least 4 members (excludes halogenated alkanes) is 2. The smallest absolute Gasteiger partial charge is 0.427 e. The second-order valence-electron chi connectivity index (χ2n) is 4.26. The summed E-state index contributed by atoms with van der Waals surface area (Å²) in [6.45, 7) is 2.36. The van der Waals surface area contributed by atoms with Crippen LogP contribution in [0.4, 0.5) is 4.79 Å². The minimum absolute atomic E-state index is 0.0624. The molecule has 5 nitrogen and oxygen atoms in total. The van der Waals surface area contributed by atoms with Gasteiger partial charge in [-0.2, -0.15) is 0 Å². The average Bonchev–Trinajstić information content (AvgIpc) is 2.50. The summed E-state index contributed by atoms with van der Waals surface area (Å²) in [7, 11) is -3.62. The molecule has 0 fully saturated rings. The first-order valence-electron chi connectivity index (χ1n) is 6.64. The lowest BCUT2D eigenvalue weighted by atomic mass is 10.2. The molecule has 0 saturated carbocycles. The minimum atomic E-state index is -3.77. The van der Waals surface area contributed by atoms with E-state index in [-0.39, 0.29) is 23.7 Å². The van der Waals surface area contributed by atoms with Crippen LogP contribution in [-0.4, -0.2) is 22.8 Å². The number of hydrogen-bond donors (Lipinski definition) is 0. The highest BCUT2D eigenvalue weighted by Gasteiger charge is 2.35. The number of carbonyl (C=O) groups is 1. The first-order chi connectivity index (χ1) is 9.62. The third-order valence-corrected chi connectivity index (χ3v) is 5.70. The van der Waals surface area contributed by atoms with Crippen molar-refractivity contribution < 1.29 is 22.8 Å². The Labute approximate surface area is 122 Å². The Kier molecular flexibility index (Phi) is 7.77. The summed E-state index contributed by atoms with van der Waals surface area (Å²) in [6, 6.07) is 9.19. The molecule has 0 aliphatic heterocycles. The summed E-state index contributed by atoms with van der Waals surface area (Å²) in [5, 5.41) is 0. The Morgan fingerprint density at radius 3 is 2.55 bits per heavy atom. The molecule has 1 unspecified atom stereocenters. The second kappa shape index (κ2) is 9.08. The van der Waals surface area contributed by atoms with Gasteiger partial charge < -0.3 is 13.5 Å². The largest absolute Gasteiger partial charge is 0.452 e. The summed E-state index contributed by atoms with van der Waals surface area (Å²) < 4.78 is 27.2. The zero-order valence-corrected chi connectivity index (χ0v) is 14.8. The summed E-state index contributed by atoms with van der Waals surface area (Å²) in [4.78, 5) is 11.8. The molecule has 1 aromatic carbocycles. The highest BCUT2D eigenvalue weighted by atomic mass is 31.2. The normalized spacial score (nSPS) is 13.8. The molecule has 0 aromatic heterocycles. The van der Waals surface area contributed by atoms with Crippen molar-refractivity contribution in [3.8, 4) is 0 Å². The van der Waals surface area contributed by atoms with E-state index in [9.17, 15) is 9.36 Å². The third-order valence-electron chi connectivity index (χ3n) is 2.68. The van der Waals surface area contributed by atoms with E-state index in [1.54, 1.807) is 0 Å². The van der Waals surface area contributed by atoms with Gasteiger partial charge in [-0.05, 0) is 12.0 Å². The first-order valence-corrected chi connectivity index (χ1v) is 9.00. The molecule has 0 spiro atoms. The summed E-state index contributed by atoms with van der Waals surface area (Å²) in [6.07, 6.45) is 2.73. The standard InChI is InChI=1S/C13H21O5PSi/c1-2-3-7-10-17-19(15,18-20)13(14)16-11-12-8-5-4-6-9-12/h4-6,8-9H,2-3,7,10-11H2,1,20H3. The van der Waals surface area contributed by atoms with Crippen LogP contribution in [0.25, 0.3) is 0 Å². The Balaban J connectivity index is 2.47. The molecule has 0 aliphatic carbocycles. The van der Waals surface area contributed by atoms with Crippen LogP contribution in [0.3, 0.4) is 0 Å². The molecule has 0 N–H and O–H groups in total. The zero-order chi connectivity index (χ0) is 14.8. The van der Waals surface area contributed by atoms with Gasteiger partial charge in [-0.15, -0.1) is 0 Å². The van der Waals surface area contributed by atoms with Gasteiger partial charge in [0, 0.05) is 0 Å². The number of ether oxygens (including phenoxy) is 1. The van der Waals surface area contributed by atoms with Crippen LogP contribution in [0, 0.1) is 0 Å². The molecule has 0 heterocycles.